The maximum absolute atomic E-state index is 12.4. The van der Waals surface area contributed by atoms with Crippen molar-refractivity contribution in [1.29, 1.82) is 0 Å². The Morgan fingerprint density at radius 3 is 1.21 bits per heavy atom. The van der Waals surface area contributed by atoms with Gasteiger partial charge in [0.2, 0.25) is 0 Å². The van der Waals surface area contributed by atoms with E-state index in [0.29, 0.717) is 23.0 Å². The number of carbonyl (C=O) groups excluding carboxylic acids is 2. The summed E-state index contributed by atoms with van der Waals surface area (Å²) in [5, 5.41) is 4.27. The van der Waals surface area contributed by atoms with Gasteiger partial charge in [-0.25, -0.2) is 9.59 Å². The predicted molar refractivity (Wildman–Crippen MR) is 186 cm³/mol. The minimum Gasteiger partial charge on any atom is -0.490 e. The molecule has 48 heavy (non-hydrogen) atoms. The third-order valence-corrected chi connectivity index (χ3v) is 7.24. The largest absolute Gasteiger partial charge is 0.490 e. The summed E-state index contributed by atoms with van der Waals surface area (Å²) in [6.07, 6.45) is -1.44. The third kappa shape index (κ3) is 9.62. The number of hydrogen-bond acceptors (Lipinski definition) is 8. The lowest BCUT2D eigenvalue weighted by Gasteiger charge is -2.21. The number of hydrogen-bond donors (Lipinski definition) is 0. The van der Waals surface area contributed by atoms with Crippen molar-refractivity contribution in [2.75, 3.05) is 26.4 Å². The fourth-order valence-electron chi connectivity index (χ4n) is 4.66. The number of esters is 2. The lowest BCUT2D eigenvalue weighted by molar-refractivity contribution is -0.148. The molecular weight excluding hydrogens is 608 g/mol. The van der Waals surface area contributed by atoms with Crippen LogP contribution in [0.4, 0.5) is 0 Å². The van der Waals surface area contributed by atoms with Crippen LogP contribution >= 0.6 is 0 Å². The summed E-state index contributed by atoms with van der Waals surface area (Å²) in [7, 11) is 0. The molecule has 0 amide bonds. The maximum Gasteiger partial charge on any atom is 0.333 e. The topological polar surface area (TPSA) is 89.5 Å². The number of rotatable bonds is 16. The minimum atomic E-state index is -0.719. The molecule has 8 nitrogen and oxygen atoms in total. The first kappa shape index (κ1) is 33.6. The van der Waals surface area contributed by atoms with Crippen molar-refractivity contribution >= 4 is 33.5 Å². The molecule has 0 aliphatic carbocycles. The normalized spacial score (nSPS) is 12.0. The number of fused-ring (bicyclic) bond motifs is 2. The molecule has 8 heteroatoms. The Kier molecular flexibility index (Phi) is 11.3. The van der Waals surface area contributed by atoms with Crippen molar-refractivity contribution in [1.82, 2.24) is 0 Å². The summed E-state index contributed by atoms with van der Waals surface area (Å²) in [5.74, 6) is 1.18. The molecule has 0 saturated heterocycles. The van der Waals surface area contributed by atoms with Crippen LogP contribution in [-0.4, -0.2) is 50.6 Å². The van der Waals surface area contributed by atoms with Gasteiger partial charge in [0.25, 0.3) is 0 Å². The average molecular weight is 647 g/mol. The van der Waals surface area contributed by atoms with Crippen molar-refractivity contribution in [3.05, 3.63) is 133 Å². The zero-order valence-corrected chi connectivity index (χ0v) is 27.1. The molecule has 0 spiro atoms. The van der Waals surface area contributed by atoms with Crippen LogP contribution in [0.25, 0.3) is 21.5 Å². The van der Waals surface area contributed by atoms with E-state index in [9.17, 15) is 9.59 Å². The van der Waals surface area contributed by atoms with E-state index in [2.05, 4.69) is 13.2 Å². The molecular formula is C40H38O8. The lowest BCUT2D eigenvalue weighted by atomic mass is 10.1. The molecule has 5 aromatic carbocycles. The van der Waals surface area contributed by atoms with E-state index in [1.165, 1.54) is 0 Å². The smallest absolute Gasteiger partial charge is 0.333 e. The van der Waals surface area contributed by atoms with Gasteiger partial charge in [0.05, 0.1) is 0 Å². The maximum atomic E-state index is 12.4. The predicted octanol–water partition coefficient (Wildman–Crippen LogP) is 7.88. The molecule has 0 heterocycles. The molecule has 5 aromatic rings. The number of ether oxygens (including phenoxy) is 6. The fraction of sp³-hybridized carbons (Fsp3) is 0.200. The summed E-state index contributed by atoms with van der Waals surface area (Å²) in [6, 6.07) is 34.5. The van der Waals surface area contributed by atoms with Gasteiger partial charge >= 0.3 is 11.9 Å². The summed E-state index contributed by atoms with van der Waals surface area (Å²) >= 11 is 0. The first-order valence-corrected chi connectivity index (χ1v) is 15.6. The number of carbonyl (C=O) groups is 2. The summed E-state index contributed by atoms with van der Waals surface area (Å²) in [5.41, 5.74) is 0.542. The van der Waals surface area contributed by atoms with E-state index in [0.717, 1.165) is 21.5 Å². The molecule has 0 fully saturated rings. The molecule has 0 bridgehead atoms. The Balaban J connectivity index is 1.19. The van der Waals surface area contributed by atoms with Crippen molar-refractivity contribution < 1.29 is 38.0 Å². The molecule has 0 aliphatic heterocycles. The highest BCUT2D eigenvalue weighted by molar-refractivity contribution is 5.87. The Labute approximate surface area is 280 Å². The minimum absolute atomic E-state index is 0.0223. The highest BCUT2D eigenvalue weighted by Gasteiger charge is 2.20. The van der Waals surface area contributed by atoms with Crippen LogP contribution in [0.2, 0.25) is 0 Å². The van der Waals surface area contributed by atoms with E-state index in [-0.39, 0.29) is 37.6 Å². The molecule has 0 saturated carbocycles. The highest BCUT2D eigenvalue weighted by atomic mass is 16.6. The van der Waals surface area contributed by atoms with Gasteiger partial charge in [-0.1, -0.05) is 79.9 Å². The van der Waals surface area contributed by atoms with Crippen LogP contribution in [-0.2, 0) is 19.1 Å². The van der Waals surface area contributed by atoms with Gasteiger partial charge < -0.3 is 28.4 Å². The van der Waals surface area contributed by atoms with E-state index in [1.54, 1.807) is 38.1 Å². The fourth-order valence-corrected chi connectivity index (χ4v) is 4.66. The molecule has 2 unspecified atom stereocenters. The van der Waals surface area contributed by atoms with Gasteiger partial charge in [0, 0.05) is 17.2 Å². The van der Waals surface area contributed by atoms with Crippen LogP contribution in [0.3, 0.4) is 0 Å². The Bertz CT molecular complexity index is 1780. The Morgan fingerprint density at radius 2 is 0.833 bits per heavy atom. The molecule has 0 N–H and O–H groups in total. The highest BCUT2D eigenvalue weighted by Crippen LogP contribution is 2.24. The standard InChI is InChI=1S/C40H38O8/c1-27(2)39(41)47-37(25-45-35-18-16-29-10-5-7-12-31(29)20-35)23-43-33-14-9-15-34(22-33)44-24-38(48-40(42)28(3)4)26-46-36-19-17-30-11-6-8-13-32(30)21-36/h5-22,37-38H,1,3,23-26H2,2,4H3. The molecule has 0 aromatic heterocycles. The monoisotopic (exact) mass is 646 g/mol. The van der Waals surface area contributed by atoms with Crippen molar-refractivity contribution in [3.63, 3.8) is 0 Å². The second kappa shape index (κ2) is 16.2. The quantitative estimate of drug-likeness (QED) is 0.0790. The molecule has 0 aliphatic rings. The van der Waals surface area contributed by atoms with Crippen LogP contribution in [0.15, 0.2) is 133 Å². The molecule has 2 atom stereocenters. The first-order chi connectivity index (χ1) is 23.2. The van der Waals surface area contributed by atoms with Gasteiger partial charge in [-0.3, -0.25) is 0 Å². The van der Waals surface area contributed by atoms with Gasteiger partial charge in [-0.2, -0.15) is 0 Å². The lowest BCUT2D eigenvalue weighted by Crippen LogP contribution is -2.31. The molecule has 246 valence electrons. The second-order valence-electron chi connectivity index (χ2n) is 11.4. The Morgan fingerprint density at radius 1 is 0.479 bits per heavy atom. The van der Waals surface area contributed by atoms with Crippen molar-refractivity contribution in [3.8, 4) is 23.0 Å². The van der Waals surface area contributed by atoms with E-state index < -0.39 is 24.1 Å². The van der Waals surface area contributed by atoms with Gasteiger partial charge in [-0.05, 0) is 71.8 Å². The first-order valence-electron chi connectivity index (χ1n) is 15.6. The van der Waals surface area contributed by atoms with E-state index in [1.807, 2.05) is 84.9 Å². The summed E-state index contributed by atoms with van der Waals surface area (Å²) in [6.45, 7) is 10.7. The second-order valence-corrected chi connectivity index (χ2v) is 11.4. The van der Waals surface area contributed by atoms with Gasteiger partial charge in [-0.15, -0.1) is 0 Å². The van der Waals surface area contributed by atoms with Gasteiger partial charge in [0.15, 0.2) is 12.2 Å². The van der Waals surface area contributed by atoms with E-state index in [4.69, 9.17) is 28.4 Å². The SMILES string of the molecule is C=C(C)C(=O)OC(COc1cccc(OCC(COc2ccc3ccccc3c2)OC(=O)C(=C)C)c1)COc1ccc2ccccc2c1. The number of benzene rings is 5. The van der Waals surface area contributed by atoms with Crippen LogP contribution in [0.5, 0.6) is 23.0 Å². The molecule has 5 rings (SSSR count). The van der Waals surface area contributed by atoms with Crippen LogP contribution in [0, 0.1) is 0 Å². The zero-order valence-electron chi connectivity index (χ0n) is 27.1. The van der Waals surface area contributed by atoms with Gasteiger partial charge in [0.1, 0.15) is 49.4 Å². The summed E-state index contributed by atoms with van der Waals surface area (Å²) < 4.78 is 35.2. The van der Waals surface area contributed by atoms with Crippen LogP contribution < -0.4 is 18.9 Å². The van der Waals surface area contributed by atoms with Crippen molar-refractivity contribution in [2.45, 2.75) is 26.1 Å². The van der Waals surface area contributed by atoms with Crippen LogP contribution in [0.1, 0.15) is 13.8 Å². The van der Waals surface area contributed by atoms with E-state index >= 15 is 0 Å². The van der Waals surface area contributed by atoms with Crippen molar-refractivity contribution in [2.24, 2.45) is 0 Å². The summed E-state index contributed by atoms with van der Waals surface area (Å²) in [4.78, 5) is 24.7. The third-order valence-electron chi connectivity index (χ3n) is 7.24. The molecule has 0 radical (unpaired) electrons. The zero-order chi connectivity index (χ0) is 33.9. The Hall–Kier alpha value is -5.76. The average Bonchev–Trinajstić information content (AvgIpc) is 3.10.